The minimum Gasteiger partial charge on any atom is -0.490 e. The van der Waals surface area contributed by atoms with Crippen molar-refractivity contribution in [2.75, 3.05) is 13.2 Å². The molecule has 1 saturated carbocycles. The zero-order valence-corrected chi connectivity index (χ0v) is 21.9. The lowest BCUT2D eigenvalue weighted by molar-refractivity contribution is -0.112. The second-order valence-corrected chi connectivity index (χ2v) is 9.13. The molecule has 0 spiro atoms. The van der Waals surface area contributed by atoms with Gasteiger partial charge in [0.05, 0.1) is 25.4 Å². The van der Waals surface area contributed by atoms with Crippen LogP contribution >= 0.6 is 0 Å². The molecule has 0 saturated heterocycles. The van der Waals surface area contributed by atoms with Gasteiger partial charge in [-0.05, 0) is 108 Å². The monoisotopic (exact) mass is 478 g/mol. The van der Waals surface area contributed by atoms with Gasteiger partial charge in [-0.2, -0.15) is 0 Å². The predicted octanol–water partition coefficient (Wildman–Crippen LogP) is 7.28. The summed E-state index contributed by atoms with van der Waals surface area (Å²) in [5.41, 5.74) is 3.49. The molecule has 0 heterocycles. The fraction of sp³-hybridized carbons (Fsp3) is 0.433. The van der Waals surface area contributed by atoms with E-state index < -0.39 is 0 Å². The number of benzene rings is 2. The normalized spacial score (nSPS) is 16.3. The molecule has 5 heteroatoms. The predicted molar refractivity (Wildman–Crippen MR) is 142 cm³/mol. The maximum atomic E-state index is 13.3. The van der Waals surface area contributed by atoms with Gasteiger partial charge >= 0.3 is 0 Å². The van der Waals surface area contributed by atoms with Gasteiger partial charge in [0.15, 0.2) is 28.8 Å². The number of carbonyl (C=O) groups excluding carboxylic acids is 1. The number of carbonyl (C=O) groups is 1. The minimum atomic E-state index is 0.0558. The number of ketones is 1. The van der Waals surface area contributed by atoms with E-state index in [2.05, 4.69) is 0 Å². The van der Waals surface area contributed by atoms with Gasteiger partial charge in [0.2, 0.25) is 0 Å². The fourth-order valence-corrected chi connectivity index (χ4v) is 4.05. The lowest BCUT2D eigenvalue weighted by Crippen LogP contribution is -2.12. The lowest BCUT2D eigenvalue weighted by Gasteiger charge is -2.18. The molecule has 2 aromatic rings. The molecule has 0 aromatic heterocycles. The van der Waals surface area contributed by atoms with Gasteiger partial charge in [0.1, 0.15) is 0 Å². The van der Waals surface area contributed by atoms with E-state index in [-0.39, 0.29) is 18.0 Å². The van der Waals surface area contributed by atoms with Crippen molar-refractivity contribution in [2.24, 2.45) is 0 Å². The van der Waals surface area contributed by atoms with Crippen LogP contribution < -0.4 is 18.9 Å². The molecule has 2 aromatic carbocycles. The third-order valence-electron chi connectivity index (χ3n) is 5.42. The van der Waals surface area contributed by atoms with E-state index in [0.29, 0.717) is 24.7 Å². The van der Waals surface area contributed by atoms with Crippen molar-refractivity contribution in [3.05, 3.63) is 58.7 Å². The first kappa shape index (κ1) is 26.4. The Hall–Kier alpha value is -3.21. The largest absolute Gasteiger partial charge is 0.490 e. The van der Waals surface area contributed by atoms with E-state index in [1.54, 1.807) is 0 Å². The summed E-state index contributed by atoms with van der Waals surface area (Å²) in [4.78, 5) is 13.3. The van der Waals surface area contributed by atoms with E-state index in [9.17, 15) is 4.79 Å². The van der Waals surface area contributed by atoms with Crippen LogP contribution in [-0.2, 0) is 4.79 Å². The Bertz CT molecular complexity index is 995. The first-order chi connectivity index (χ1) is 16.8. The van der Waals surface area contributed by atoms with Crippen molar-refractivity contribution in [1.82, 2.24) is 0 Å². The topological polar surface area (TPSA) is 54.0 Å². The highest BCUT2D eigenvalue weighted by atomic mass is 16.5. The second kappa shape index (κ2) is 12.5. The molecule has 5 nitrogen and oxygen atoms in total. The number of Topliss-reactive ketones (excluding diaryl/α,β-unsaturated/α-hetero) is 1. The molecular weight excluding hydrogens is 440 g/mol. The first-order valence-electron chi connectivity index (χ1n) is 12.6. The zero-order valence-electron chi connectivity index (χ0n) is 21.9. The van der Waals surface area contributed by atoms with Crippen molar-refractivity contribution in [3.8, 4) is 23.0 Å². The van der Waals surface area contributed by atoms with Crippen LogP contribution in [0, 0.1) is 0 Å². The average Bonchev–Trinajstić information content (AvgIpc) is 2.80. The Labute approximate surface area is 209 Å². The molecule has 0 unspecified atom stereocenters. The van der Waals surface area contributed by atoms with Gasteiger partial charge in [-0.15, -0.1) is 0 Å². The van der Waals surface area contributed by atoms with Gasteiger partial charge in [-0.3, -0.25) is 4.79 Å². The highest BCUT2D eigenvalue weighted by molar-refractivity contribution is 6.14. The van der Waals surface area contributed by atoms with E-state index in [1.165, 1.54) is 0 Å². The minimum absolute atomic E-state index is 0.0558. The van der Waals surface area contributed by atoms with Gasteiger partial charge in [0, 0.05) is 11.1 Å². The van der Waals surface area contributed by atoms with E-state index >= 15 is 0 Å². The third-order valence-corrected chi connectivity index (χ3v) is 5.42. The van der Waals surface area contributed by atoms with Crippen LogP contribution in [0.5, 0.6) is 23.0 Å². The number of hydrogen-bond donors (Lipinski definition) is 0. The smallest absolute Gasteiger partial charge is 0.185 e. The van der Waals surface area contributed by atoms with Crippen molar-refractivity contribution in [3.63, 3.8) is 0 Å². The fourth-order valence-electron chi connectivity index (χ4n) is 4.05. The summed E-state index contributed by atoms with van der Waals surface area (Å²) >= 11 is 0. The summed E-state index contributed by atoms with van der Waals surface area (Å²) in [7, 11) is 0. The Morgan fingerprint density at radius 2 is 1.14 bits per heavy atom. The summed E-state index contributed by atoms with van der Waals surface area (Å²) in [6.07, 6.45) is 6.51. The number of ether oxygens (including phenoxy) is 4. The summed E-state index contributed by atoms with van der Waals surface area (Å²) in [6.45, 7) is 12.9. The molecule has 1 fully saturated rings. The number of hydrogen-bond acceptors (Lipinski definition) is 5. The molecule has 0 atom stereocenters. The Morgan fingerprint density at radius 1 is 0.714 bits per heavy atom. The van der Waals surface area contributed by atoms with Crippen molar-refractivity contribution < 1.29 is 23.7 Å². The van der Waals surface area contributed by atoms with Gasteiger partial charge < -0.3 is 18.9 Å². The standard InChI is InChI=1S/C30H38O5/c1-7-32-28-18-22(12-14-26(28)34-20(3)4)16-24-10-9-11-25(30(24)31)17-23-13-15-27(35-21(5)6)29(19-23)33-8-2/h12-21H,7-11H2,1-6H3/b24-16+,25-17+. The molecular formula is C30H38O5. The Kier molecular flexibility index (Phi) is 9.41. The average molecular weight is 479 g/mol. The highest BCUT2D eigenvalue weighted by Gasteiger charge is 2.21. The lowest BCUT2D eigenvalue weighted by atomic mass is 9.87. The van der Waals surface area contributed by atoms with Crippen molar-refractivity contribution in [1.29, 1.82) is 0 Å². The first-order valence-corrected chi connectivity index (χ1v) is 12.6. The molecule has 1 aliphatic rings. The second-order valence-electron chi connectivity index (χ2n) is 9.13. The van der Waals surface area contributed by atoms with Crippen LogP contribution in [-0.4, -0.2) is 31.2 Å². The molecule has 35 heavy (non-hydrogen) atoms. The van der Waals surface area contributed by atoms with Crippen LogP contribution in [0.2, 0.25) is 0 Å². The molecule has 1 aliphatic carbocycles. The summed E-state index contributed by atoms with van der Waals surface area (Å²) in [5, 5.41) is 0. The van der Waals surface area contributed by atoms with Crippen LogP contribution in [0.3, 0.4) is 0 Å². The molecule has 188 valence electrons. The van der Waals surface area contributed by atoms with Crippen LogP contribution in [0.1, 0.15) is 71.9 Å². The Morgan fingerprint density at radius 3 is 1.51 bits per heavy atom. The molecule has 0 aliphatic heterocycles. The summed E-state index contributed by atoms with van der Waals surface area (Å²) in [6, 6.07) is 11.7. The van der Waals surface area contributed by atoms with Gasteiger partial charge in [-0.1, -0.05) is 12.1 Å². The van der Waals surface area contributed by atoms with Crippen LogP contribution in [0.4, 0.5) is 0 Å². The van der Waals surface area contributed by atoms with Crippen molar-refractivity contribution in [2.45, 2.75) is 73.0 Å². The number of rotatable bonds is 10. The summed E-state index contributed by atoms with van der Waals surface area (Å²) < 4.78 is 23.3. The SMILES string of the molecule is CCOc1cc(/C=C2\CCC/C(=C\c3ccc(OC(C)C)c(OCC)c3)C2=O)ccc1OC(C)C. The summed E-state index contributed by atoms with van der Waals surface area (Å²) in [5.74, 6) is 2.92. The maximum Gasteiger partial charge on any atom is 0.185 e. The molecule has 3 rings (SSSR count). The maximum absolute atomic E-state index is 13.3. The molecule has 0 radical (unpaired) electrons. The third kappa shape index (κ3) is 7.38. The molecule has 0 bridgehead atoms. The van der Waals surface area contributed by atoms with Gasteiger partial charge in [0.25, 0.3) is 0 Å². The van der Waals surface area contributed by atoms with Gasteiger partial charge in [-0.25, -0.2) is 0 Å². The van der Waals surface area contributed by atoms with E-state index in [0.717, 1.165) is 53.0 Å². The number of allylic oxidation sites excluding steroid dienone is 2. The highest BCUT2D eigenvalue weighted by Crippen LogP contribution is 2.34. The quantitative estimate of drug-likeness (QED) is 0.336. The molecule has 0 N–H and O–H groups in total. The van der Waals surface area contributed by atoms with E-state index in [4.69, 9.17) is 18.9 Å². The van der Waals surface area contributed by atoms with Crippen LogP contribution in [0.15, 0.2) is 47.5 Å². The van der Waals surface area contributed by atoms with Crippen molar-refractivity contribution >= 4 is 17.9 Å². The zero-order chi connectivity index (χ0) is 25.4. The van der Waals surface area contributed by atoms with E-state index in [1.807, 2.05) is 90.1 Å². The Balaban J connectivity index is 1.87. The molecule has 0 amide bonds. The van der Waals surface area contributed by atoms with Crippen LogP contribution in [0.25, 0.3) is 12.2 Å².